The van der Waals surface area contributed by atoms with Crippen molar-refractivity contribution in [2.24, 2.45) is 0 Å². The van der Waals surface area contributed by atoms with E-state index in [1.165, 1.54) is 11.8 Å². The molecule has 170 valence electrons. The molecular weight excluding hydrogens is 446 g/mol. The Bertz CT molecular complexity index is 1220. The van der Waals surface area contributed by atoms with Crippen molar-refractivity contribution in [1.29, 1.82) is 0 Å². The first-order valence-corrected chi connectivity index (χ1v) is 11.6. The molecule has 4 rings (SSSR count). The highest BCUT2D eigenvalue weighted by Gasteiger charge is 2.22. The quantitative estimate of drug-likeness (QED) is 0.313. The number of pyridine rings is 1. The van der Waals surface area contributed by atoms with Crippen molar-refractivity contribution >= 4 is 35.1 Å². The maximum Gasteiger partial charge on any atom is 0.262 e. The Hall–Kier alpha value is -4.10. The van der Waals surface area contributed by atoms with Crippen LogP contribution < -0.4 is 15.4 Å². The maximum atomic E-state index is 13.1. The molecule has 1 unspecified atom stereocenters. The Morgan fingerprint density at radius 1 is 0.824 bits per heavy atom. The average Bonchev–Trinajstić information content (AvgIpc) is 2.88. The molecule has 0 radical (unpaired) electrons. The van der Waals surface area contributed by atoms with Gasteiger partial charge in [-0.05, 0) is 48.0 Å². The topological polar surface area (TPSA) is 80.3 Å². The van der Waals surface area contributed by atoms with E-state index in [9.17, 15) is 9.59 Å². The molecule has 1 heterocycles. The SMILES string of the molecule is O=C(COc1ccccc1)Nc1cccc(SC(C(=O)Nc2ccccn2)c2ccccc2)c1. The summed E-state index contributed by atoms with van der Waals surface area (Å²) < 4.78 is 5.50. The second-order valence-corrected chi connectivity index (χ2v) is 8.47. The van der Waals surface area contributed by atoms with Crippen LogP contribution in [0.2, 0.25) is 0 Å². The standard InChI is InChI=1S/C27H23N3O3S/c31-25(19-33-22-13-5-2-6-14-22)29-21-12-9-15-23(18-21)34-26(20-10-3-1-4-11-20)27(32)30-24-16-7-8-17-28-24/h1-18,26H,19H2,(H,29,31)(H,28,30,32). The molecule has 6 nitrogen and oxygen atoms in total. The van der Waals surface area contributed by atoms with Gasteiger partial charge in [0, 0.05) is 16.8 Å². The van der Waals surface area contributed by atoms with Crippen molar-refractivity contribution in [3.05, 3.63) is 115 Å². The number of rotatable bonds is 9. The van der Waals surface area contributed by atoms with E-state index in [4.69, 9.17) is 4.74 Å². The lowest BCUT2D eigenvalue weighted by Crippen LogP contribution is -2.20. The average molecular weight is 470 g/mol. The summed E-state index contributed by atoms with van der Waals surface area (Å²) in [6.07, 6.45) is 1.63. The van der Waals surface area contributed by atoms with Crippen LogP contribution in [0.15, 0.2) is 114 Å². The van der Waals surface area contributed by atoms with Gasteiger partial charge in [-0.15, -0.1) is 11.8 Å². The number of carbonyl (C=O) groups is 2. The number of nitrogens with zero attached hydrogens (tertiary/aromatic N) is 1. The normalized spacial score (nSPS) is 11.3. The molecule has 3 aromatic carbocycles. The number of benzene rings is 3. The second-order valence-electron chi connectivity index (χ2n) is 7.29. The number of para-hydroxylation sites is 1. The fourth-order valence-corrected chi connectivity index (χ4v) is 4.26. The van der Waals surface area contributed by atoms with Gasteiger partial charge in [-0.3, -0.25) is 9.59 Å². The molecule has 0 saturated carbocycles. The molecule has 7 heteroatoms. The Morgan fingerprint density at radius 3 is 2.29 bits per heavy atom. The van der Waals surface area contributed by atoms with Crippen LogP contribution in [-0.4, -0.2) is 23.4 Å². The first-order valence-electron chi connectivity index (χ1n) is 10.7. The predicted molar refractivity (Wildman–Crippen MR) is 135 cm³/mol. The summed E-state index contributed by atoms with van der Waals surface area (Å²) in [5.74, 6) is 0.680. The van der Waals surface area contributed by atoms with Gasteiger partial charge in [-0.25, -0.2) is 4.98 Å². The van der Waals surface area contributed by atoms with Gasteiger partial charge in [-0.1, -0.05) is 60.7 Å². The number of carbonyl (C=O) groups excluding carboxylic acids is 2. The molecule has 0 bridgehead atoms. The highest BCUT2D eigenvalue weighted by Crippen LogP contribution is 2.37. The summed E-state index contributed by atoms with van der Waals surface area (Å²) in [6, 6.07) is 31.5. The number of nitrogens with one attached hydrogen (secondary N) is 2. The van der Waals surface area contributed by atoms with Gasteiger partial charge in [0.2, 0.25) is 5.91 Å². The molecule has 0 saturated heterocycles. The van der Waals surface area contributed by atoms with Crippen molar-refractivity contribution in [1.82, 2.24) is 4.98 Å². The molecular formula is C27H23N3O3S. The van der Waals surface area contributed by atoms with Crippen LogP contribution >= 0.6 is 11.8 Å². The van der Waals surface area contributed by atoms with Crippen molar-refractivity contribution < 1.29 is 14.3 Å². The molecule has 1 aromatic heterocycles. The number of hydrogen-bond acceptors (Lipinski definition) is 5. The fourth-order valence-electron chi connectivity index (χ4n) is 3.18. The minimum absolute atomic E-state index is 0.0967. The van der Waals surface area contributed by atoms with Crippen LogP contribution in [0, 0.1) is 0 Å². The number of thioether (sulfide) groups is 1. The number of aromatic nitrogens is 1. The second kappa shape index (κ2) is 11.7. The molecule has 0 aliphatic carbocycles. The minimum Gasteiger partial charge on any atom is -0.484 e. The summed E-state index contributed by atoms with van der Waals surface area (Å²) in [5, 5.41) is 5.23. The smallest absolute Gasteiger partial charge is 0.262 e. The number of ether oxygens (including phenoxy) is 1. The van der Waals surface area contributed by atoms with Gasteiger partial charge in [0.25, 0.3) is 5.91 Å². The van der Waals surface area contributed by atoms with E-state index in [2.05, 4.69) is 15.6 Å². The number of anilines is 2. The zero-order valence-electron chi connectivity index (χ0n) is 18.3. The van der Waals surface area contributed by atoms with Crippen LogP contribution in [0.4, 0.5) is 11.5 Å². The third-order valence-electron chi connectivity index (χ3n) is 4.74. The zero-order chi connectivity index (χ0) is 23.6. The lowest BCUT2D eigenvalue weighted by molar-refractivity contribution is -0.118. The predicted octanol–water partition coefficient (Wildman–Crippen LogP) is 5.57. The van der Waals surface area contributed by atoms with Crippen LogP contribution in [-0.2, 0) is 9.59 Å². The molecule has 0 aliphatic rings. The minimum atomic E-state index is -0.504. The van der Waals surface area contributed by atoms with E-state index in [0.29, 0.717) is 17.3 Å². The van der Waals surface area contributed by atoms with E-state index in [0.717, 1.165) is 10.5 Å². The highest BCUT2D eigenvalue weighted by molar-refractivity contribution is 8.00. The van der Waals surface area contributed by atoms with Crippen molar-refractivity contribution in [3.63, 3.8) is 0 Å². The van der Waals surface area contributed by atoms with E-state index in [1.54, 1.807) is 36.5 Å². The van der Waals surface area contributed by atoms with Crippen molar-refractivity contribution in [2.75, 3.05) is 17.2 Å². The number of amides is 2. The van der Waals surface area contributed by atoms with Gasteiger partial charge >= 0.3 is 0 Å². The summed E-state index contributed by atoms with van der Waals surface area (Å²) in [6.45, 7) is -0.0967. The maximum absolute atomic E-state index is 13.1. The first kappa shape index (κ1) is 23.1. The highest BCUT2D eigenvalue weighted by atomic mass is 32.2. The molecule has 34 heavy (non-hydrogen) atoms. The molecule has 4 aromatic rings. The Balaban J connectivity index is 1.44. The van der Waals surface area contributed by atoms with E-state index < -0.39 is 5.25 Å². The van der Waals surface area contributed by atoms with E-state index in [1.807, 2.05) is 72.8 Å². The lowest BCUT2D eigenvalue weighted by Gasteiger charge is -2.17. The molecule has 2 N–H and O–H groups in total. The molecule has 0 fully saturated rings. The van der Waals surface area contributed by atoms with Crippen LogP contribution in [0.1, 0.15) is 10.8 Å². The van der Waals surface area contributed by atoms with E-state index >= 15 is 0 Å². The monoisotopic (exact) mass is 469 g/mol. The van der Waals surface area contributed by atoms with Gasteiger partial charge < -0.3 is 15.4 Å². The van der Waals surface area contributed by atoms with Crippen molar-refractivity contribution in [2.45, 2.75) is 10.1 Å². The van der Waals surface area contributed by atoms with Gasteiger partial charge in [0.15, 0.2) is 6.61 Å². The molecule has 0 spiro atoms. The summed E-state index contributed by atoms with van der Waals surface area (Å²) in [7, 11) is 0. The summed E-state index contributed by atoms with van der Waals surface area (Å²) in [5.41, 5.74) is 1.50. The summed E-state index contributed by atoms with van der Waals surface area (Å²) in [4.78, 5) is 30.5. The van der Waals surface area contributed by atoms with Gasteiger partial charge in [0.1, 0.15) is 16.8 Å². The van der Waals surface area contributed by atoms with E-state index in [-0.39, 0.29) is 18.4 Å². The Morgan fingerprint density at radius 2 is 1.56 bits per heavy atom. The van der Waals surface area contributed by atoms with Crippen LogP contribution in [0.3, 0.4) is 0 Å². The third-order valence-corrected chi connectivity index (χ3v) is 5.99. The molecule has 0 aliphatic heterocycles. The zero-order valence-corrected chi connectivity index (χ0v) is 19.1. The largest absolute Gasteiger partial charge is 0.484 e. The Labute approximate surface area is 202 Å². The fraction of sp³-hybridized carbons (Fsp3) is 0.0741. The molecule has 2 amide bonds. The molecule has 1 atom stereocenters. The first-order chi connectivity index (χ1) is 16.7. The lowest BCUT2D eigenvalue weighted by atomic mass is 10.1. The van der Waals surface area contributed by atoms with Gasteiger partial charge in [0.05, 0.1) is 0 Å². The third kappa shape index (κ3) is 6.70. The number of hydrogen-bond donors (Lipinski definition) is 2. The van der Waals surface area contributed by atoms with Gasteiger partial charge in [-0.2, -0.15) is 0 Å². The summed E-state index contributed by atoms with van der Waals surface area (Å²) >= 11 is 1.40. The van der Waals surface area contributed by atoms with Crippen LogP contribution in [0.25, 0.3) is 0 Å². The van der Waals surface area contributed by atoms with Crippen molar-refractivity contribution in [3.8, 4) is 5.75 Å². The van der Waals surface area contributed by atoms with Crippen LogP contribution in [0.5, 0.6) is 5.75 Å². The Kier molecular flexibility index (Phi) is 7.92.